The van der Waals surface area contributed by atoms with Crippen LogP contribution in [0.4, 0.5) is 0 Å². The van der Waals surface area contributed by atoms with Crippen molar-refractivity contribution in [1.29, 1.82) is 0 Å². The van der Waals surface area contributed by atoms with Crippen LogP contribution in [-0.2, 0) is 11.8 Å². The lowest BCUT2D eigenvalue weighted by Gasteiger charge is -2.17. The number of nitrogens with one attached hydrogen (secondary N) is 1. The van der Waals surface area contributed by atoms with Gasteiger partial charge in [0.2, 0.25) is 0 Å². The van der Waals surface area contributed by atoms with E-state index in [1.54, 1.807) is 0 Å². The Morgan fingerprint density at radius 3 is 2.79 bits per heavy atom. The van der Waals surface area contributed by atoms with Crippen molar-refractivity contribution in [3.63, 3.8) is 0 Å². The van der Waals surface area contributed by atoms with Gasteiger partial charge in [0.05, 0.1) is 5.92 Å². The van der Waals surface area contributed by atoms with Gasteiger partial charge in [-0.15, -0.1) is 0 Å². The van der Waals surface area contributed by atoms with Gasteiger partial charge in [0.25, 0.3) is 11.5 Å². The topological polar surface area (TPSA) is 101 Å². The third kappa shape index (κ3) is 2.81. The number of aryl methyl sites for hydroxylation is 1. The van der Waals surface area contributed by atoms with E-state index in [1.807, 2.05) is 0 Å². The van der Waals surface area contributed by atoms with E-state index in [4.69, 9.17) is 5.11 Å². The van der Waals surface area contributed by atoms with E-state index >= 15 is 0 Å². The van der Waals surface area contributed by atoms with E-state index < -0.39 is 17.8 Å². The Bertz CT molecular complexity index is 566. The number of aliphatic carboxylic acids is 1. The lowest BCUT2D eigenvalue weighted by Crippen LogP contribution is -2.41. The van der Waals surface area contributed by atoms with E-state index in [-0.39, 0.29) is 17.3 Å². The molecule has 2 unspecified atom stereocenters. The highest BCUT2D eigenvalue weighted by Gasteiger charge is 2.34. The van der Waals surface area contributed by atoms with Crippen molar-refractivity contribution in [1.82, 2.24) is 15.1 Å². The van der Waals surface area contributed by atoms with Gasteiger partial charge in [-0.3, -0.25) is 14.4 Å². The summed E-state index contributed by atoms with van der Waals surface area (Å²) >= 11 is 0. The molecule has 0 spiro atoms. The molecule has 1 amide bonds. The van der Waals surface area contributed by atoms with Crippen LogP contribution >= 0.6 is 0 Å². The molecule has 1 aliphatic rings. The Morgan fingerprint density at radius 1 is 1.42 bits per heavy atom. The molecule has 0 bridgehead atoms. The largest absolute Gasteiger partial charge is 0.481 e. The molecule has 1 aliphatic carbocycles. The third-order valence-corrected chi connectivity index (χ3v) is 3.34. The number of hydrogen-bond acceptors (Lipinski definition) is 4. The molecule has 19 heavy (non-hydrogen) atoms. The average molecular weight is 265 g/mol. The SMILES string of the molecule is Cn1nc(C(=O)NC2CCCC2C(=O)O)ccc1=O. The van der Waals surface area contributed by atoms with Crippen LogP contribution in [0.2, 0.25) is 0 Å². The minimum atomic E-state index is -0.892. The minimum absolute atomic E-state index is 0.109. The number of hydrogen-bond donors (Lipinski definition) is 2. The van der Waals surface area contributed by atoms with Crippen molar-refractivity contribution in [2.75, 3.05) is 0 Å². The minimum Gasteiger partial charge on any atom is -0.481 e. The molecule has 0 saturated heterocycles. The predicted molar refractivity (Wildman–Crippen MR) is 65.7 cm³/mol. The first-order chi connectivity index (χ1) is 8.99. The Hall–Kier alpha value is -2.18. The molecular formula is C12H15N3O4. The Kier molecular flexibility index (Phi) is 3.64. The van der Waals surface area contributed by atoms with Gasteiger partial charge in [0.15, 0.2) is 0 Å². The molecule has 0 radical (unpaired) electrons. The maximum absolute atomic E-state index is 12.0. The van der Waals surface area contributed by atoms with Crippen LogP contribution in [0.1, 0.15) is 29.8 Å². The molecular weight excluding hydrogens is 250 g/mol. The highest BCUT2D eigenvalue weighted by atomic mass is 16.4. The summed E-state index contributed by atoms with van der Waals surface area (Å²) in [6.45, 7) is 0. The molecule has 0 aliphatic heterocycles. The maximum Gasteiger partial charge on any atom is 0.308 e. The second-order valence-electron chi connectivity index (χ2n) is 4.64. The van der Waals surface area contributed by atoms with E-state index in [0.29, 0.717) is 12.8 Å². The summed E-state index contributed by atoms with van der Waals surface area (Å²) in [6.07, 6.45) is 2.00. The van der Waals surface area contributed by atoms with Crippen LogP contribution in [-0.4, -0.2) is 32.8 Å². The highest BCUT2D eigenvalue weighted by Crippen LogP contribution is 2.25. The maximum atomic E-state index is 12.0. The summed E-state index contributed by atoms with van der Waals surface area (Å²) in [7, 11) is 1.45. The van der Waals surface area contributed by atoms with Crippen LogP contribution in [0, 0.1) is 5.92 Å². The fourth-order valence-corrected chi connectivity index (χ4v) is 2.29. The summed E-state index contributed by atoms with van der Waals surface area (Å²) in [6, 6.07) is 2.22. The van der Waals surface area contributed by atoms with E-state index in [1.165, 1.54) is 19.2 Å². The van der Waals surface area contributed by atoms with Gasteiger partial charge >= 0.3 is 5.97 Å². The molecule has 7 nitrogen and oxygen atoms in total. The van der Waals surface area contributed by atoms with Crippen LogP contribution in [0.15, 0.2) is 16.9 Å². The summed E-state index contributed by atoms with van der Waals surface area (Å²) in [5.74, 6) is -1.89. The van der Waals surface area contributed by atoms with Crippen molar-refractivity contribution < 1.29 is 14.7 Å². The number of nitrogens with zero attached hydrogens (tertiary/aromatic N) is 2. The quantitative estimate of drug-likeness (QED) is 0.785. The van der Waals surface area contributed by atoms with E-state index in [0.717, 1.165) is 11.1 Å². The molecule has 7 heteroatoms. The van der Waals surface area contributed by atoms with Gasteiger partial charge in [-0.25, -0.2) is 4.68 Å². The number of carboxylic acids is 1. The summed E-state index contributed by atoms with van der Waals surface area (Å²) in [5, 5.41) is 15.5. The summed E-state index contributed by atoms with van der Waals surface area (Å²) < 4.78 is 1.07. The van der Waals surface area contributed by atoms with Gasteiger partial charge in [-0.05, 0) is 18.9 Å². The fourth-order valence-electron chi connectivity index (χ4n) is 2.29. The number of carbonyl (C=O) groups is 2. The normalized spacial score (nSPS) is 22.2. The standard InChI is InChI=1S/C12H15N3O4/c1-15-10(16)6-5-9(14-15)11(17)13-8-4-2-3-7(8)12(18)19/h5-8H,2-4H2,1H3,(H,13,17)(H,18,19). The molecule has 102 valence electrons. The van der Waals surface area contributed by atoms with E-state index in [9.17, 15) is 14.4 Å². The molecule has 1 heterocycles. The molecule has 1 aromatic rings. The first-order valence-corrected chi connectivity index (χ1v) is 6.07. The zero-order valence-corrected chi connectivity index (χ0v) is 10.5. The van der Waals surface area contributed by atoms with Crippen LogP contribution in [0.3, 0.4) is 0 Å². The van der Waals surface area contributed by atoms with Gasteiger partial charge in [-0.1, -0.05) is 6.42 Å². The molecule has 0 aromatic carbocycles. The lowest BCUT2D eigenvalue weighted by molar-refractivity contribution is -0.142. The van der Waals surface area contributed by atoms with Crippen molar-refractivity contribution >= 4 is 11.9 Å². The zero-order valence-electron chi connectivity index (χ0n) is 10.5. The molecule has 2 N–H and O–H groups in total. The smallest absolute Gasteiger partial charge is 0.308 e. The Labute approximate surface area is 109 Å². The lowest BCUT2D eigenvalue weighted by atomic mass is 10.0. The fraction of sp³-hybridized carbons (Fsp3) is 0.500. The second-order valence-corrected chi connectivity index (χ2v) is 4.64. The predicted octanol–water partition coefficient (Wildman–Crippen LogP) is -0.237. The first kappa shape index (κ1) is 13.3. The van der Waals surface area contributed by atoms with Crippen molar-refractivity contribution in [3.8, 4) is 0 Å². The molecule has 2 rings (SSSR count). The van der Waals surface area contributed by atoms with Gasteiger partial charge in [0.1, 0.15) is 5.69 Å². The number of aromatic nitrogens is 2. The molecule has 1 fully saturated rings. The summed E-state index contributed by atoms with van der Waals surface area (Å²) in [4.78, 5) is 34.1. The van der Waals surface area contributed by atoms with Crippen molar-refractivity contribution in [3.05, 3.63) is 28.2 Å². The molecule has 1 aromatic heterocycles. The van der Waals surface area contributed by atoms with Gasteiger partial charge in [-0.2, -0.15) is 5.10 Å². The van der Waals surface area contributed by atoms with Crippen LogP contribution < -0.4 is 10.9 Å². The van der Waals surface area contributed by atoms with Gasteiger partial charge < -0.3 is 10.4 Å². The monoisotopic (exact) mass is 265 g/mol. The number of carboxylic acid groups (broad SMARTS) is 1. The number of rotatable bonds is 3. The first-order valence-electron chi connectivity index (χ1n) is 6.07. The zero-order chi connectivity index (χ0) is 14.0. The van der Waals surface area contributed by atoms with Crippen molar-refractivity contribution in [2.45, 2.75) is 25.3 Å². The second kappa shape index (κ2) is 5.21. The third-order valence-electron chi connectivity index (χ3n) is 3.34. The average Bonchev–Trinajstić information content (AvgIpc) is 2.80. The van der Waals surface area contributed by atoms with Crippen LogP contribution in [0.25, 0.3) is 0 Å². The van der Waals surface area contributed by atoms with Gasteiger partial charge in [0, 0.05) is 19.2 Å². The van der Waals surface area contributed by atoms with Crippen LogP contribution in [0.5, 0.6) is 0 Å². The number of carbonyl (C=O) groups excluding carboxylic acids is 1. The Balaban J connectivity index is 2.10. The summed E-state index contributed by atoms with van der Waals surface area (Å²) in [5.41, 5.74) is -0.195. The van der Waals surface area contributed by atoms with Crippen molar-refractivity contribution in [2.24, 2.45) is 13.0 Å². The highest BCUT2D eigenvalue weighted by molar-refractivity contribution is 5.92. The Morgan fingerprint density at radius 2 is 2.16 bits per heavy atom. The molecule has 2 atom stereocenters. The molecule has 1 saturated carbocycles. The van der Waals surface area contributed by atoms with E-state index in [2.05, 4.69) is 10.4 Å². The number of amides is 1.